The van der Waals surface area contributed by atoms with Crippen LogP contribution in [0.25, 0.3) is 22.2 Å². The molecule has 6 nitrogen and oxygen atoms in total. The van der Waals surface area contributed by atoms with E-state index in [2.05, 4.69) is 14.8 Å². The first-order chi connectivity index (χ1) is 13.0. The Labute approximate surface area is 157 Å². The zero-order valence-corrected chi connectivity index (χ0v) is 15.7. The Bertz CT molecular complexity index is 1230. The van der Waals surface area contributed by atoms with Crippen molar-refractivity contribution in [2.75, 3.05) is 4.72 Å². The summed E-state index contributed by atoms with van der Waals surface area (Å²) in [6.45, 7) is 1.87. The minimum atomic E-state index is -3.78. The predicted molar refractivity (Wildman–Crippen MR) is 106 cm³/mol. The van der Waals surface area contributed by atoms with E-state index in [-0.39, 0.29) is 4.90 Å². The van der Waals surface area contributed by atoms with Gasteiger partial charge in [-0.15, -0.1) is 0 Å². The zero-order chi connectivity index (χ0) is 19.0. The quantitative estimate of drug-likeness (QED) is 0.587. The van der Waals surface area contributed by atoms with Gasteiger partial charge in [-0.3, -0.25) is 9.40 Å². The van der Waals surface area contributed by atoms with Gasteiger partial charge in [0.05, 0.1) is 22.5 Å². The second-order valence-corrected chi connectivity index (χ2v) is 7.92. The molecule has 2 heterocycles. The van der Waals surface area contributed by atoms with E-state index in [1.165, 1.54) is 6.20 Å². The van der Waals surface area contributed by atoms with Crippen LogP contribution in [0.2, 0.25) is 0 Å². The fourth-order valence-corrected chi connectivity index (χ4v) is 4.40. The Morgan fingerprint density at radius 2 is 1.70 bits per heavy atom. The molecule has 0 spiro atoms. The van der Waals surface area contributed by atoms with Crippen LogP contribution in [0.5, 0.6) is 0 Å². The molecule has 0 atom stereocenters. The fraction of sp³-hybridized carbons (Fsp3) is 0.100. The van der Waals surface area contributed by atoms with Crippen molar-refractivity contribution >= 4 is 26.7 Å². The van der Waals surface area contributed by atoms with Crippen molar-refractivity contribution in [1.29, 1.82) is 0 Å². The van der Waals surface area contributed by atoms with Crippen LogP contribution >= 0.6 is 0 Å². The Morgan fingerprint density at radius 3 is 2.48 bits per heavy atom. The standard InChI is InChI=1S/C20H18N4O2S/c1-14-18-12-16(13-21-20(18)24(2)22-14)23-27(25,26)19-11-7-6-10-17(19)15-8-4-3-5-9-15/h3-13,23H,1-2H3. The summed E-state index contributed by atoms with van der Waals surface area (Å²) in [5.41, 5.74) is 3.40. The minimum Gasteiger partial charge on any atom is -0.278 e. The van der Waals surface area contributed by atoms with Gasteiger partial charge in [-0.1, -0.05) is 48.5 Å². The summed E-state index contributed by atoms with van der Waals surface area (Å²) in [4.78, 5) is 4.55. The van der Waals surface area contributed by atoms with E-state index in [1.807, 2.05) is 50.4 Å². The third-order valence-corrected chi connectivity index (χ3v) is 5.82. The van der Waals surface area contributed by atoms with E-state index in [0.29, 0.717) is 16.9 Å². The number of hydrogen-bond acceptors (Lipinski definition) is 4. The lowest BCUT2D eigenvalue weighted by Gasteiger charge is -2.12. The molecule has 4 rings (SSSR count). The van der Waals surface area contributed by atoms with Gasteiger partial charge in [-0.2, -0.15) is 5.10 Å². The molecule has 136 valence electrons. The lowest BCUT2D eigenvalue weighted by atomic mass is 10.1. The third-order valence-electron chi connectivity index (χ3n) is 4.38. The van der Waals surface area contributed by atoms with Gasteiger partial charge in [-0.05, 0) is 24.6 Å². The molecule has 0 bridgehead atoms. The Hall–Kier alpha value is -3.19. The summed E-state index contributed by atoms with van der Waals surface area (Å²) in [5.74, 6) is 0. The molecule has 4 aromatic rings. The van der Waals surface area contributed by atoms with Crippen molar-refractivity contribution in [3.8, 4) is 11.1 Å². The van der Waals surface area contributed by atoms with Crippen LogP contribution in [-0.2, 0) is 17.1 Å². The first-order valence-corrected chi connectivity index (χ1v) is 9.91. The Kier molecular flexibility index (Phi) is 4.16. The van der Waals surface area contributed by atoms with E-state index in [4.69, 9.17) is 0 Å². The van der Waals surface area contributed by atoms with Gasteiger partial charge >= 0.3 is 0 Å². The van der Waals surface area contributed by atoms with Crippen LogP contribution in [0.1, 0.15) is 5.69 Å². The van der Waals surface area contributed by atoms with Gasteiger partial charge in [0, 0.05) is 18.0 Å². The molecule has 0 aliphatic carbocycles. The molecular formula is C20H18N4O2S. The molecule has 0 aliphatic heterocycles. The molecule has 0 saturated heterocycles. The molecule has 0 unspecified atom stereocenters. The van der Waals surface area contributed by atoms with Crippen molar-refractivity contribution in [2.24, 2.45) is 7.05 Å². The van der Waals surface area contributed by atoms with Gasteiger partial charge in [0.15, 0.2) is 5.65 Å². The molecule has 0 radical (unpaired) electrons. The maximum absolute atomic E-state index is 13.1. The van der Waals surface area contributed by atoms with Crippen LogP contribution in [0, 0.1) is 6.92 Å². The van der Waals surface area contributed by atoms with Crippen molar-refractivity contribution in [1.82, 2.24) is 14.8 Å². The normalized spacial score (nSPS) is 11.6. The van der Waals surface area contributed by atoms with Crippen LogP contribution < -0.4 is 4.72 Å². The average Bonchev–Trinajstić information content (AvgIpc) is 2.95. The highest BCUT2D eigenvalue weighted by atomic mass is 32.2. The summed E-state index contributed by atoms with van der Waals surface area (Å²) >= 11 is 0. The summed E-state index contributed by atoms with van der Waals surface area (Å²) in [5, 5.41) is 5.13. The molecule has 7 heteroatoms. The van der Waals surface area contributed by atoms with Crippen LogP contribution in [-0.4, -0.2) is 23.2 Å². The number of aromatic nitrogens is 3. The molecule has 1 N–H and O–H groups in total. The summed E-state index contributed by atoms with van der Waals surface area (Å²) in [7, 11) is -1.98. The molecular weight excluding hydrogens is 360 g/mol. The number of fused-ring (bicyclic) bond motifs is 1. The van der Waals surface area contributed by atoms with Gasteiger partial charge in [-0.25, -0.2) is 13.4 Å². The molecule has 2 aromatic heterocycles. The van der Waals surface area contributed by atoms with Crippen molar-refractivity contribution in [2.45, 2.75) is 11.8 Å². The Morgan fingerprint density at radius 1 is 1.00 bits per heavy atom. The number of rotatable bonds is 4. The van der Waals surface area contributed by atoms with E-state index < -0.39 is 10.0 Å². The second-order valence-electron chi connectivity index (χ2n) is 6.27. The highest BCUT2D eigenvalue weighted by Crippen LogP contribution is 2.29. The fourth-order valence-electron chi connectivity index (χ4n) is 3.13. The maximum Gasteiger partial charge on any atom is 0.262 e. The molecule has 2 aromatic carbocycles. The monoisotopic (exact) mass is 378 g/mol. The highest BCUT2D eigenvalue weighted by molar-refractivity contribution is 7.92. The van der Waals surface area contributed by atoms with Gasteiger partial charge in [0.2, 0.25) is 0 Å². The van der Waals surface area contributed by atoms with Crippen molar-refractivity contribution < 1.29 is 8.42 Å². The Balaban J connectivity index is 1.76. The molecule has 0 aliphatic rings. The van der Waals surface area contributed by atoms with E-state index in [1.54, 1.807) is 28.9 Å². The highest BCUT2D eigenvalue weighted by Gasteiger charge is 2.20. The number of sulfonamides is 1. The first kappa shape index (κ1) is 17.2. The van der Waals surface area contributed by atoms with E-state index in [9.17, 15) is 8.42 Å². The number of aryl methyl sites for hydroxylation is 2. The zero-order valence-electron chi connectivity index (χ0n) is 14.9. The van der Waals surface area contributed by atoms with Crippen molar-refractivity contribution in [3.05, 3.63) is 72.6 Å². The molecule has 27 heavy (non-hydrogen) atoms. The number of anilines is 1. The lowest BCUT2D eigenvalue weighted by Crippen LogP contribution is -2.14. The van der Waals surface area contributed by atoms with Gasteiger partial charge < -0.3 is 0 Å². The van der Waals surface area contributed by atoms with Gasteiger partial charge in [0.1, 0.15) is 0 Å². The predicted octanol–water partition coefficient (Wildman–Crippen LogP) is 3.74. The largest absolute Gasteiger partial charge is 0.278 e. The van der Waals surface area contributed by atoms with Crippen molar-refractivity contribution in [3.63, 3.8) is 0 Å². The van der Waals surface area contributed by atoms with E-state index in [0.717, 1.165) is 16.6 Å². The van der Waals surface area contributed by atoms with E-state index >= 15 is 0 Å². The average molecular weight is 378 g/mol. The molecule has 0 fully saturated rings. The summed E-state index contributed by atoms with van der Waals surface area (Å²) in [6.07, 6.45) is 1.51. The SMILES string of the molecule is Cc1nn(C)c2ncc(NS(=O)(=O)c3ccccc3-c3ccccc3)cc12. The number of hydrogen-bond donors (Lipinski definition) is 1. The number of benzene rings is 2. The summed E-state index contributed by atoms with van der Waals surface area (Å²) < 4.78 is 30.4. The van der Waals surface area contributed by atoms with Crippen LogP contribution in [0.3, 0.4) is 0 Å². The third kappa shape index (κ3) is 3.17. The smallest absolute Gasteiger partial charge is 0.262 e. The van der Waals surface area contributed by atoms with Crippen LogP contribution in [0.4, 0.5) is 5.69 Å². The lowest BCUT2D eigenvalue weighted by molar-refractivity contribution is 0.601. The van der Waals surface area contributed by atoms with Gasteiger partial charge in [0.25, 0.3) is 10.0 Å². The topological polar surface area (TPSA) is 76.9 Å². The van der Waals surface area contributed by atoms with Crippen LogP contribution in [0.15, 0.2) is 71.8 Å². The molecule has 0 amide bonds. The minimum absolute atomic E-state index is 0.221. The molecule has 0 saturated carbocycles. The summed E-state index contributed by atoms with van der Waals surface area (Å²) in [6, 6.07) is 18.2. The maximum atomic E-state index is 13.1. The number of pyridine rings is 1. The first-order valence-electron chi connectivity index (χ1n) is 8.42. The number of nitrogens with zero attached hydrogens (tertiary/aromatic N) is 3. The number of nitrogens with one attached hydrogen (secondary N) is 1. The second kappa shape index (κ2) is 6.51.